The van der Waals surface area contributed by atoms with Gasteiger partial charge in [0, 0.05) is 6.54 Å². The van der Waals surface area contributed by atoms with Gasteiger partial charge in [0.15, 0.2) is 5.82 Å². The number of H-pyrrole nitrogens is 1. The summed E-state index contributed by atoms with van der Waals surface area (Å²) in [6.45, 7) is 2.78. The highest BCUT2D eigenvalue weighted by Gasteiger charge is 2.02. The molecule has 1 heterocycles. The van der Waals surface area contributed by atoms with Crippen molar-refractivity contribution in [3.8, 4) is 0 Å². The summed E-state index contributed by atoms with van der Waals surface area (Å²) in [6, 6.07) is 0. The molecule has 4 nitrogen and oxygen atoms in total. The molecule has 0 radical (unpaired) electrons. The van der Waals surface area contributed by atoms with E-state index >= 15 is 0 Å². The van der Waals surface area contributed by atoms with Crippen molar-refractivity contribution in [1.29, 1.82) is 0 Å². The highest BCUT2D eigenvalue weighted by Crippen LogP contribution is 2.11. The number of hydrogen-bond acceptors (Lipinski definition) is 3. The van der Waals surface area contributed by atoms with Gasteiger partial charge in [0.2, 0.25) is 0 Å². The fraction of sp³-hybridized carbons (Fsp3) is 0.429. The normalized spacial score (nSPS) is 9.83. The molecular formula is C7H10ClN3O. The van der Waals surface area contributed by atoms with Gasteiger partial charge < -0.3 is 10.3 Å². The van der Waals surface area contributed by atoms with Crippen LogP contribution in [0.4, 0.5) is 5.82 Å². The Balaban J connectivity index is 2.85. The van der Waals surface area contributed by atoms with Crippen LogP contribution in [0.5, 0.6) is 0 Å². The summed E-state index contributed by atoms with van der Waals surface area (Å²) >= 11 is 5.66. The molecule has 2 N–H and O–H groups in total. The maximum Gasteiger partial charge on any atom is 0.271 e. The van der Waals surface area contributed by atoms with E-state index in [1.54, 1.807) is 0 Å². The van der Waals surface area contributed by atoms with Crippen LogP contribution in [0.2, 0.25) is 5.02 Å². The lowest BCUT2D eigenvalue weighted by atomic mass is 10.4. The number of halogens is 1. The monoisotopic (exact) mass is 187 g/mol. The molecule has 0 aliphatic carbocycles. The molecule has 0 unspecified atom stereocenters. The van der Waals surface area contributed by atoms with Crippen LogP contribution in [0.25, 0.3) is 0 Å². The molecule has 0 spiro atoms. The SMILES string of the molecule is CCCNc1nc[nH]c(=O)c1Cl. The van der Waals surface area contributed by atoms with Crippen molar-refractivity contribution in [2.45, 2.75) is 13.3 Å². The molecule has 1 aromatic rings. The van der Waals surface area contributed by atoms with Gasteiger partial charge in [0.1, 0.15) is 5.02 Å². The molecule has 0 aromatic carbocycles. The second-order valence-corrected chi connectivity index (χ2v) is 2.70. The number of nitrogens with one attached hydrogen (secondary N) is 2. The first-order chi connectivity index (χ1) is 5.75. The Kier molecular flexibility index (Phi) is 3.10. The van der Waals surface area contributed by atoms with Crippen LogP contribution < -0.4 is 10.9 Å². The predicted molar refractivity (Wildman–Crippen MR) is 48.6 cm³/mol. The molecule has 1 rings (SSSR count). The average Bonchev–Trinajstić information content (AvgIpc) is 2.08. The molecule has 12 heavy (non-hydrogen) atoms. The minimum atomic E-state index is -0.315. The second kappa shape index (κ2) is 4.11. The van der Waals surface area contributed by atoms with Crippen LogP contribution in [0.1, 0.15) is 13.3 Å². The maximum absolute atomic E-state index is 10.9. The van der Waals surface area contributed by atoms with Crippen molar-refractivity contribution in [2.24, 2.45) is 0 Å². The van der Waals surface area contributed by atoms with Gasteiger partial charge in [0.25, 0.3) is 5.56 Å². The first-order valence-corrected chi connectivity index (χ1v) is 4.10. The van der Waals surface area contributed by atoms with E-state index < -0.39 is 0 Å². The standard InChI is InChI=1S/C7H10ClN3O/c1-2-3-9-6-5(8)7(12)11-4-10-6/h4H,2-3H2,1H3,(H2,9,10,11,12). The molecule has 0 saturated heterocycles. The van der Waals surface area contributed by atoms with Crippen LogP contribution in [0.15, 0.2) is 11.1 Å². The summed E-state index contributed by atoms with van der Waals surface area (Å²) in [5.74, 6) is 0.447. The van der Waals surface area contributed by atoms with Crippen LogP contribution in [0, 0.1) is 0 Å². The average molecular weight is 188 g/mol. The Hall–Kier alpha value is -1.03. The number of anilines is 1. The molecule has 5 heteroatoms. The number of hydrogen-bond donors (Lipinski definition) is 2. The molecule has 0 saturated carbocycles. The molecule has 0 amide bonds. The Morgan fingerprint density at radius 2 is 2.50 bits per heavy atom. The second-order valence-electron chi connectivity index (χ2n) is 2.32. The van der Waals surface area contributed by atoms with Crippen molar-refractivity contribution in [3.05, 3.63) is 21.7 Å². The van der Waals surface area contributed by atoms with E-state index in [9.17, 15) is 4.79 Å². The minimum absolute atomic E-state index is 0.117. The predicted octanol–water partition coefficient (Wildman–Crippen LogP) is 1.25. The highest BCUT2D eigenvalue weighted by molar-refractivity contribution is 6.32. The molecule has 1 aromatic heterocycles. The van der Waals surface area contributed by atoms with E-state index in [2.05, 4.69) is 15.3 Å². The van der Waals surface area contributed by atoms with Gasteiger partial charge in [-0.15, -0.1) is 0 Å². The summed E-state index contributed by atoms with van der Waals surface area (Å²) in [7, 11) is 0. The highest BCUT2D eigenvalue weighted by atomic mass is 35.5. The molecule has 66 valence electrons. The van der Waals surface area contributed by atoms with Gasteiger partial charge in [0.05, 0.1) is 6.33 Å². The Bertz CT molecular complexity index is 310. The third kappa shape index (κ3) is 1.98. The number of nitrogens with zero attached hydrogens (tertiary/aromatic N) is 1. The zero-order chi connectivity index (χ0) is 8.97. The number of aromatic amines is 1. The van der Waals surface area contributed by atoms with Gasteiger partial charge in [-0.1, -0.05) is 18.5 Å². The summed E-state index contributed by atoms with van der Waals surface area (Å²) in [4.78, 5) is 17.2. The van der Waals surface area contributed by atoms with E-state index in [1.165, 1.54) is 6.33 Å². The maximum atomic E-state index is 10.9. The first kappa shape index (κ1) is 9.06. The lowest BCUT2D eigenvalue weighted by Gasteiger charge is -2.03. The molecule has 0 fully saturated rings. The third-order valence-electron chi connectivity index (χ3n) is 1.34. The summed E-state index contributed by atoms with van der Waals surface area (Å²) in [6.07, 6.45) is 2.29. The Morgan fingerprint density at radius 1 is 1.75 bits per heavy atom. The summed E-state index contributed by atoms with van der Waals surface area (Å²) < 4.78 is 0. The fourth-order valence-electron chi connectivity index (χ4n) is 0.750. The van der Waals surface area contributed by atoms with Crippen LogP contribution in [-0.2, 0) is 0 Å². The zero-order valence-electron chi connectivity index (χ0n) is 6.72. The van der Waals surface area contributed by atoms with Crippen LogP contribution in [0.3, 0.4) is 0 Å². The smallest absolute Gasteiger partial charge is 0.271 e. The van der Waals surface area contributed by atoms with Crippen molar-refractivity contribution in [3.63, 3.8) is 0 Å². The van der Waals surface area contributed by atoms with Crippen LogP contribution in [-0.4, -0.2) is 16.5 Å². The first-order valence-electron chi connectivity index (χ1n) is 3.72. The fourth-order valence-corrected chi connectivity index (χ4v) is 0.920. The Morgan fingerprint density at radius 3 is 3.17 bits per heavy atom. The number of aromatic nitrogens is 2. The van der Waals surface area contributed by atoms with E-state index in [-0.39, 0.29) is 10.6 Å². The van der Waals surface area contributed by atoms with Gasteiger partial charge >= 0.3 is 0 Å². The van der Waals surface area contributed by atoms with E-state index in [0.29, 0.717) is 5.82 Å². The van der Waals surface area contributed by atoms with Gasteiger partial charge in [-0.25, -0.2) is 4.98 Å². The third-order valence-corrected chi connectivity index (χ3v) is 1.69. The van der Waals surface area contributed by atoms with Crippen molar-refractivity contribution in [2.75, 3.05) is 11.9 Å². The molecular weight excluding hydrogens is 178 g/mol. The van der Waals surface area contributed by atoms with Gasteiger partial charge in [-0.3, -0.25) is 4.79 Å². The zero-order valence-corrected chi connectivity index (χ0v) is 7.48. The minimum Gasteiger partial charge on any atom is -0.369 e. The largest absolute Gasteiger partial charge is 0.369 e. The summed E-state index contributed by atoms with van der Waals surface area (Å²) in [5, 5.41) is 3.06. The lowest BCUT2D eigenvalue weighted by molar-refractivity contribution is 0.961. The molecule has 0 atom stereocenters. The number of rotatable bonds is 3. The molecule has 0 bridgehead atoms. The van der Waals surface area contributed by atoms with Crippen molar-refractivity contribution < 1.29 is 0 Å². The summed E-state index contributed by atoms with van der Waals surface area (Å²) in [5.41, 5.74) is -0.315. The van der Waals surface area contributed by atoms with Crippen molar-refractivity contribution >= 4 is 17.4 Å². The molecule has 0 aliphatic heterocycles. The van der Waals surface area contributed by atoms with E-state index in [0.717, 1.165) is 13.0 Å². The Labute approximate surface area is 75.0 Å². The van der Waals surface area contributed by atoms with Crippen molar-refractivity contribution in [1.82, 2.24) is 9.97 Å². The van der Waals surface area contributed by atoms with E-state index in [4.69, 9.17) is 11.6 Å². The molecule has 0 aliphatic rings. The van der Waals surface area contributed by atoms with Gasteiger partial charge in [-0.05, 0) is 6.42 Å². The van der Waals surface area contributed by atoms with Gasteiger partial charge in [-0.2, -0.15) is 0 Å². The lowest BCUT2D eigenvalue weighted by Crippen LogP contribution is -2.12. The van der Waals surface area contributed by atoms with Crippen LogP contribution >= 0.6 is 11.6 Å². The quantitative estimate of drug-likeness (QED) is 0.749. The topological polar surface area (TPSA) is 57.8 Å². The van der Waals surface area contributed by atoms with E-state index in [1.807, 2.05) is 6.92 Å².